The van der Waals surface area contributed by atoms with Crippen LogP contribution in [0.25, 0.3) is 0 Å². The van der Waals surface area contributed by atoms with Gasteiger partial charge in [0, 0.05) is 20.2 Å². The molecule has 0 amide bonds. The van der Waals surface area contributed by atoms with Crippen molar-refractivity contribution in [2.75, 3.05) is 25.1 Å². The van der Waals surface area contributed by atoms with Gasteiger partial charge < -0.3 is 10.1 Å². The second-order valence-electron chi connectivity index (χ2n) is 4.77. The molecule has 0 bridgehead atoms. The van der Waals surface area contributed by atoms with Crippen LogP contribution in [0, 0.1) is 16.0 Å². The van der Waals surface area contributed by atoms with Crippen molar-refractivity contribution in [1.82, 2.24) is 9.78 Å². The normalized spacial score (nSPS) is 11.0. The Labute approximate surface area is 113 Å². The second-order valence-corrected chi connectivity index (χ2v) is 4.77. The summed E-state index contributed by atoms with van der Waals surface area (Å²) in [6.45, 7) is 7.73. The van der Waals surface area contributed by atoms with Crippen molar-refractivity contribution < 1.29 is 9.66 Å². The number of hydrogen-bond donors (Lipinski definition) is 1. The van der Waals surface area contributed by atoms with Crippen LogP contribution in [0.2, 0.25) is 0 Å². The summed E-state index contributed by atoms with van der Waals surface area (Å²) < 4.78 is 6.94. The number of ether oxygens (including phenoxy) is 1. The smallest absolute Gasteiger partial charge is 0.333 e. The zero-order valence-electron chi connectivity index (χ0n) is 12.0. The zero-order chi connectivity index (χ0) is 14.4. The molecule has 19 heavy (non-hydrogen) atoms. The van der Waals surface area contributed by atoms with Crippen molar-refractivity contribution >= 4 is 11.5 Å². The highest BCUT2D eigenvalue weighted by Gasteiger charge is 2.25. The summed E-state index contributed by atoms with van der Waals surface area (Å²) in [5, 5.41) is 18.2. The number of anilines is 1. The minimum atomic E-state index is -0.386. The van der Waals surface area contributed by atoms with Gasteiger partial charge in [0.1, 0.15) is 5.69 Å². The van der Waals surface area contributed by atoms with Gasteiger partial charge in [-0.05, 0) is 12.3 Å². The van der Waals surface area contributed by atoms with E-state index >= 15 is 0 Å². The minimum absolute atomic E-state index is 0.0638. The summed E-state index contributed by atoms with van der Waals surface area (Å²) in [6.07, 6.45) is 0.537. The Balaban J connectivity index is 2.62. The van der Waals surface area contributed by atoms with Gasteiger partial charge >= 0.3 is 5.69 Å². The van der Waals surface area contributed by atoms with E-state index in [1.807, 2.05) is 6.92 Å². The summed E-state index contributed by atoms with van der Waals surface area (Å²) in [7, 11) is 1.70. The summed E-state index contributed by atoms with van der Waals surface area (Å²) in [5.41, 5.74) is 0.562. The van der Waals surface area contributed by atoms with Crippen molar-refractivity contribution in [1.29, 1.82) is 0 Å². The minimum Gasteiger partial charge on any atom is -0.379 e. The van der Waals surface area contributed by atoms with Gasteiger partial charge in [-0.25, -0.2) is 4.68 Å². The molecule has 1 aromatic rings. The second kappa shape index (κ2) is 7.08. The predicted molar refractivity (Wildman–Crippen MR) is 73.4 cm³/mol. The SMILES string of the molecule is CCc1nn(C)c(NCCOCC(C)C)c1[N+](=O)[O-]. The van der Waals surface area contributed by atoms with E-state index in [1.165, 1.54) is 4.68 Å². The van der Waals surface area contributed by atoms with Crippen LogP contribution in [0.3, 0.4) is 0 Å². The third kappa shape index (κ3) is 4.20. The Hall–Kier alpha value is -1.63. The summed E-state index contributed by atoms with van der Waals surface area (Å²) >= 11 is 0. The fraction of sp³-hybridized carbons (Fsp3) is 0.750. The van der Waals surface area contributed by atoms with Gasteiger partial charge in [-0.2, -0.15) is 5.10 Å². The first-order chi connectivity index (χ1) is 8.97. The van der Waals surface area contributed by atoms with Gasteiger partial charge in [-0.1, -0.05) is 20.8 Å². The van der Waals surface area contributed by atoms with Crippen LogP contribution in [0.4, 0.5) is 11.5 Å². The van der Waals surface area contributed by atoms with Gasteiger partial charge in [-0.3, -0.25) is 10.1 Å². The van der Waals surface area contributed by atoms with E-state index in [1.54, 1.807) is 7.05 Å². The lowest BCUT2D eigenvalue weighted by Crippen LogP contribution is -2.14. The molecule has 0 fully saturated rings. The Bertz CT molecular complexity index is 429. The number of nitrogens with one attached hydrogen (secondary N) is 1. The van der Waals surface area contributed by atoms with Gasteiger partial charge in [0.15, 0.2) is 0 Å². The first kappa shape index (κ1) is 15.4. The Kier molecular flexibility index (Phi) is 5.75. The highest BCUT2D eigenvalue weighted by Crippen LogP contribution is 2.27. The molecular formula is C12H22N4O3. The lowest BCUT2D eigenvalue weighted by atomic mass is 10.2. The molecular weight excluding hydrogens is 248 g/mol. The number of aromatic nitrogens is 2. The topological polar surface area (TPSA) is 82.2 Å². The number of aryl methyl sites for hydroxylation is 2. The van der Waals surface area contributed by atoms with Crippen molar-refractivity contribution in [2.24, 2.45) is 13.0 Å². The van der Waals surface area contributed by atoms with E-state index in [9.17, 15) is 10.1 Å². The van der Waals surface area contributed by atoms with E-state index in [2.05, 4.69) is 24.3 Å². The first-order valence-corrected chi connectivity index (χ1v) is 6.49. The third-order valence-electron chi connectivity index (χ3n) is 2.60. The van der Waals surface area contributed by atoms with Gasteiger partial charge in [0.05, 0.1) is 11.5 Å². The monoisotopic (exact) mass is 270 g/mol. The van der Waals surface area contributed by atoms with E-state index in [4.69, 9.17) is 4.74 Å². The molecule has 108 valence electrons. The predicted octanol–water partition coefficient (Wildman–Crippen LogP) is 1.98. The molecule has 1 aromatic heterocycles. The molecule has 7 heteroatoms. The van der Waals surface area contributed by atoms with Gasteiger partial charge in [-0.15, -0.1) is 0 Å². The lowest BCUT2D eigenvalue weighted by Gasteiger charge is -2.08. The number of rotatable bonds is 8. The molecule has 0 aromatic carbocycles. The fourth-order valence-electron chi connectivity index (χ4n) is 1.76. The highest BCUT2D eigenvalue weighted by atomic mass is 16.6. The van der Waals surface area contributed by atoms with Crippen LogP contribution in [-0.4, -0.2) is 34.5 Å². The fourth-order valence-corrected chi connectivity index (χ4v) is 1.76. The average molecular weight is 270 g/mol. The van der Waals surface area contributed by atoms with Gasteiger partial charge in [0.25, 0.3) is 0 Å². The van der Waals surface area contributed by atoms with Crippen LogP contribution < -0.4 is 5.32 Å². The van der Waals surface area contributed by atoms with Crippen LogP contribution in [0.15, 0.2) is 0 Å². The van der Waals surface area contributed by atoms with Crippen LogP contribution in [0.5, 0.6) is 0 Å². The molecule has 0 saturated heterocycles. The molecule has 0 aliphatic heterocycles. The van der Waals surface area contributed by atoms with Crippen molar-refractivity contribution in [3.05, 3.63) is 15.8 Å². The average Bonchev–Trinajstić information content (AvgIpc) is 2.65. The maximum atomic E-state index is 11.1. The molecule has 0 aliphatic rings. The van der Waals surface area contributed by atoms with Crippen LogP contribution in [0.1, 0.15) is 26.5 Å². The lowest BCUT2D eigenvalue weighted by molar-refractivity contribution is -0.384. The Morgan fingerprint density at radius 1 is 1.53 bits per heavy atom. The molecule has 0 aliphatic carbocycles. The summed E-state index contributed by atoms with van der Waals surface area (Å²) in [4.78, 5) is 10.7. The molecule has 7 nitrogen and oxygen atoms in total. The van der Waals surface area contributed by atoms with Crippen molar-refractivity contribution in [3.8, 4) is 0 Å². The largest absolute Gasteiger partial charge is 0.379 e. The number of hydrogen-bond acceptors (Lipinski definition) is 5. The van der Waals surface area contributed by atoms with E-state index in [0.29, 0.717) is 43.6 Å². The molecule has 1 heterocycles. The summed E-state index contributed by atoms with van der Waals surface area (Å²) in [5.74, 6) is 0.924. The van der Waals surface area contributed by atoms with Crippen LogP contribution >= 0.6 is 0 Å². The van der Waals surface area contributed by atoms with Crippen molar-refractivity contribution in [3.63, 3.8) is 0 Å². The van der Waals surface area contributed by atoms with E-state index in [0.717, 1.165) is 0 Å². The molecule has 0 atom stereocenters. The number of nitro groups is 1. The molecule has 1 rings (SSSR count). The summed E-state index contributed by atoms with van der Waals surface area (Å²) in [6, 6.07) is 0. The Morgan fingerprint density at radius 3 is 2.74 bits per heavy atom. The van der Waals surface area contributed by atoms with Crippen molar-refractivity contribution in [2.45, 2.75) is 27.2 Å². The Morgan fingerprint density at radius 2 is 2.21 bits per heavy atom. The maximum absolute atomic E-state index is 11.1. The molecule has 1 N–H and O–H groups in total. The molecule has 0 saturated carbocycles. The maximum Gasteiger partial charge on any atom is 0.333 e. The van der Waals surface area contributed by atoms with Gasteiger partial charge in [0.2, 0.25) is 5.82 Å². The van der Waals surface area contributed by atoms with E-state index < -0.39 is 0 Å². The third-order valence-corrected chi connectivity index (χ3v) is 2.60. The zero-order valence-corrected chi connectivity index (χ0v) is 12.0. The first-order valence-electron chi connectivity index (χ1n) is 6.49. The molecule has 0 spiro atoms. The highest BCUT2D eigenvalue weighted by molar-refractivity contribution is 5.59. The standard InChI is InChI=1S/C12H22N4O3/c1-5-10-11(16(17)18)12(15(4)14-10)13-6-7-19-8-9(2)3/h9,13H,5-8H2,1-4H3. The van der Waals surface area contributed by atoms with E-state index in [-0.39, 0.29) is 10.6 Å². The quantitative estimate of drug-likeness (QED) is 0.443. The number of nitrogens with zero attached hydrogens (tertiary/aromatic N) is 3. The molecule has 0 unspecified atom stereocenters. The van der Waals surface area contributed by atoms with Crippen LogP contribution in [-0.2, 0) is 18.2 Å². The molecule has 0 radical (unpaired) electrons.